The van der Waals surface area contributed by atoms with Crippen molar-refractivity contribution in [3.05, 3.63) is 65.2 Å². The first-order valence-electron chi connectivity index (χ1n) is 8.27. The Kier molecular flexibility index (Phi) is 5.24. The molecule has 0 aromatic heterocycles. The smallest absolute Gasteiger partial charge is 0.270 e. The summed E-state index contributed by atoms with van der Waals surface area (Å²) in [6.45, 7) is 1.92. The maximum absolute atomic E-state index is 13.0. The molecular weight excluding hydrogens is 394 g/mol. The molecule has 0 saturated heterocycles. The summed E-state index contributed by atoms with van der Waals surface area (Å²) in [6, 6.07) is 15.3. The van der Waals surface area contributed by atoms with Gasteiger partial charge in [-0.05, 0) is 43.0 Å². The van der Waals surface area contributed by atoms with Gasteiger partial charge in [-0.15, -0.1) is 11.8 Å². The van der Waals surface area contributed by atoms with Crippen molar-refractivity contribution in [3.63, 3.8) is 0 Å². The molecule has 1 unspecified atom stereocenters. The zero-order valence-electron chi connectivity index (χ0n) is 15.5. The van der Waals surface area contributed by atoms with Crippen LogP contribution in [0.15, 0.2) is 63.4 Å². The molecule has 1 aliphatic heterocycles. The van der Waals surface area contributed by atoms with Gasteiger partial charge in [-0.3, -0.25) is 4.79 Å². The summed E-state index contributed by atoms with van der Waals surface area (Å²) in [5, 5.41) is 10.3. The lowest BCUT2D eigenvalue weighted by Gasteiger charge is -2.27. The molecule has 0 spiro atoms. The van der Waals surface area contributed by atoms with E-state index in [1.165, 1.54) is 23.9 Å². The number of sulfone groups is 1. The summed E-state index contributed by atoms with van der Waals surface area (Å²) >= 11 is 1.22. The number of nitrogens with zero attached hydrogens (tertiary/aromatic N) is 3. The van der Waals surface area contributed by atoms with E-state index in [0.29, 0.717) is 16.2 Å². The summed E-state index contributed by atoms with van der Waals surface area (Å²) in [6.07, 6.45) is 2.87. The number of carbonyl (C=O) groups excluding carboxylic acids is 1. The fraction of sp³-hybridized carbons (Fsp3) is 0.200. The summed E-state index contributed by atoms with van der Waals surface area (Å²) in [5.41, 5.74) is 0.457. The van der Waals surface area contributed by atoms with Crippen LogP contribution in [-0.4, -0.2) is 37.7 Å². The van der Waals surface area contributed by atoms with Crippen LogP contribution in [0.2, 0.25) is 0 Å². The molecule has 2 aromatic rings. The SMILES string of the molecule is CSC1=NC(c2ccc(S(C)(=O)=O)cc2)=NC(=O)C1(C#N)c1ccc(C)cc1. The number of hydrogen-bond donors (Lipinski definition) is 0. The zero-order chi connectivity index (χ0) is 20.5. The predicted octanol–water partition coefficient (Wildman–Crippen LogP) is 2.91. The van der Waals surface area contributed by atoms with E-state index in [0.717, 1.165) is 11.8 Å². The van der Waals surface area contributed by atoms with Crippen molar-refractivity contribution >= 4 is 38.4 Å². The minimum Gasteiger partial charge on any atom is -0.270 e. The van der Waals surface area contributed by atoms with Crippen LogP contribution in [0.4, 0.5) is 0 Å². The monoisotopic (exact) mass is 411 g/mol. The maximum Gasteiger partial charge on any atom is 0.279 e. The number of carbonyl (C=O) groups is 1. The van der Waals surface area contributed by atoms with Gasteiger partial charge in [-0.1, -0.05) is 29.8 Å². The number of aryl methyl sites for hydroxylation is 1. The molecule has 1 amide bonds. The number of benzene rings is 2. The van der Waals surface area contributed by atoms with E-state index >= 15 is 0 Å². The van der Waals surface area contributed by atoms with E-state index in [1.807, 2.05) is 19.1 Å². The molecule has 0 saturated carbocycles. The number of hydrogen-bond acceptors (Lipinski definition) is 6. The summed E-state index contributed by atoms with van der Waals surface area (Å²) in [4.78, 5) is 21.7. The molecule has 142 valence electrons. The Hall–Kier alpha value is -2.76. The topological polar surface area (TPSA) is 99.7 Å². The van der Waals surface area contributed by atoms with Gasteiger partial charge >= 0.3 is 0 Å². The molecule has 0 aliphatic carbocycles. The van der Waals surface area contributed by atoms with Crippen molar-refractivity contribution in [3.8, 4) is 6.07 Å². The Balaban J connectivity index is 2.09. The first kappa shape index (κ1) is 20.0. The Morgan fingerprint density at radius 2 is 1.64 bits per heavy atom. The first-order chi connectivity index (χ1) is 13.2. The maximum atomic E-state index is 13.0. The van der Waals surface area contributed by atoms with Crippen molar-refractivity contribution < 1.29 is 13.2 Å². The van der Waals surface area contributed by atoms with Crippen molar-refractivity contribution in [2.45, 2.75) is 17.2 Å². The van der Waals surface area contributed by atoms with Gasteiger partial charge < -0.3 is 0 Å². The summed E-state index contributed by atoms with van der Waals surface area (Å²) in [7, 11) is -3.33. The molecule has 0 fully saturated rings. The van der Waals surface area contributed by atoms with Crippen LogP contribution in [-0.2, 0) is 20.0 Å². The van der Waals surface area contributed by atoms with Crippen LogP contribution in [0, 0.1) is 18.3 Å². The predicted molar refractivity (Wildman–Crippen MR) is 111 cm³/mol. The molecule has 1 atom stereocenters. The fourth-order valence-electron chi connectivity index (χ4n) is 2.87. The Morgan fingerprint density at radius 3 is 2.14 bits per heavy atom. The third-order valence-corrected chi connectivity index (χ3v) is 6.36. The van der Waals surface area contributed by atoms with Gasteiger partial charge in [-0.2, -0.15) is 10.3 Å². The molecule has 0 N–H and O–H groups in total. The van der Waals surface area contributed by atoms with E-state index in [1.54, 1.807) is 30.5 Å². The molecular formula is C20H17N3O3S2. The van der Waals surface area contributed by atoms with Gasteiger partial charge in [0, 0.05) is 11.8 Å². The van der Waals surface area contributed by atoms with Gasteiger partial charge in [0.1, 0.15) is 5.04 Å². The highest BCUT2D eigenvalue weighted by molar-refractivity contribution is 8.13. The second-order valence-electron chi connectivity index (χ2n) is 6.39. The minimum absolute atomic E-state index is 0.160. The van der Waals surface area contributed by atoms with Gasteiger partial charge in [0.15, 0.2) is 15.7 Å². The molecule has 8 heteroatoms. The molecule has 6 nitrogen and oxygen atoms in total. The van der Waals surface area contributed by atoms with Crippen LogP contribution >= 0.6 is 11.8 Å². The van der Waals surface area contributed by atoms with Crippen LogP contribution in [0.25, 0.3) is 0 Å². The Labute approximate surface area is 167 Å². The van der Waals surface area contributed by atoms with Crippen LogP contribution in [0.5, 0.6) is 0 Å². The molecule has 3 rings (SSSR count). The van der Waals surface area contributed by atoms with E-state index in [2.05, 4.69) is 16.1 Å². The van der Waals surface area contributed by atoms with Crippen LogP contribution < -0.4 is 0 Å². The Morgan fingerprint density at radius 1 is 1.04 bits per heavy atom. The van der Waals surface area contributed by atoms with E-state index in [9.17, 15) is 18.5 Å². The highest BCUT2D eigenvalue weighted by atomic mass is 32.2. The second kappa shape index (κ2) is 7.34. The van der Waals surface area contributed by atoms with Crippen LogP contribution in [0.1, 0.15) is 16.7 Å². The van der Waals surface area contributed by atoms with E-state index in [-0.39, 0.29) is 10.7 Å². The molecule has 28 heavy (non-hydrogen) atoms. The molecule has 1 aliphatic rings. The number of amidine groups is 1. The lowest BCUT2D eigenvalue weighted by molar-refractivity contribution is -0.119. The second-order valence-corrected chi connectivity index (χ2v) is 9.20. The highest BCUT2D eigenvalue weighted by Gasteiger charge is 2.48. The average Bonchev–Trinajstić information content (AvgIpc) is 2.67. The fourth-order valence-corrected chi connectivity index (χ4v) is 4.23. The van der Waals surface area contributed by atoms with Gasteiger partial charge in [-0.25, -0.2) is 13.4 Å². The lowest BCUT2D eigenvalue weighted by Crippen LogP contribution is -2.43. The van der Waals surface area contributed by atoms with Crippen LogP contribution in [0.3, 0.4) is 0 Å². The third kappa shape index (κ3) is 3.39. The number of nitriles is 1. The largest absolute Gasteiger partial charge is 0.279 e. The standard InChI is InChI=1S/C20H17N3O3S2/c1-13-4-8-15(9-5-13)20(12-21)18(24)22-17(23-19(20)27-2)14-6-10-16(11-7-14)28(3,25)26/h4-11H,1-3H3. The lowest BCUT2D eigenvalue weighted by atomic mass is 9.81. The molecule has 0 radical (unpaired) electrons. The van der Waals surface area contributed by atoms with Crippen molar-refractivity contribution in [1.82, 2.24) is 0 Å². The Bertz CT molecular complexity index is 1140. The number of thioether (sulfide) groups is 1. The van der Waals surface area contributed by atoms with E-state index in [4.69, 9.17) is 0 Å². The number of amides is 1. The molecule has 0 bridgehead atoms. The quantitative estimate of drug-likeness (QED) is 0.773. The van der Waals surface area contributed by atoms with E-state index < -0.39 is 21.2 Å². The average molecular weight is 412 g/mol. The summed E-state index contributed by atoms with van der Waals surface area (Å²) < 4.78 is 23.2. The van der Waals surface area contributed by atoms with Gasteiger partial charge in [0.05, 0.1) is 11.0 Å². The van der Waals surface area contributed by atoms with Gasteiger partial charge in [0.2, 0.25) is 5.41 Å². The van der Waals surface area contributed by atoms with Gasteiger partial charge in [0.25, 0.3) is 5.91 Å². The molecule has 2 aromatic carbocycles. The third-order valence-electron chi connectivity index (χ3n) is 4.44. The molecule has 1 heterocycles. The number of aliphatic imine (C=N–C) groups is 2. The van der Waals surface area contributed by atoms with Crippen molar-refractivity contribution in [2.24, 2.45) is 9.98 Å². The van der Waals surface area contributed by atoms with Crippen molar-refractivity contribution in [2.75, 3.05) is 12.5 Å². The normalized spacial score (nSPS) is 19.6. The zero-order valence-corrected chi connectivity index (χ0v) is 17.1. The first-order valence-corrected chi connectivity index (χ1v) is 11.4. The summed E-state index contributed by atoms with van der Waals surface area (Å²) in [5.74, 6) is -0.451. The van der Waals surface area contributed by atoms with Crippen molar-refractivity contribution in [1.29, 1.82) is 5.26 Å². The minimum atomic E-state index is -3.33. The number of rotatable bonds is 3. The highest BCUT2D eigenvalue weighted by Crippen LogP contribution is 2.35.